The highest BCUT2D eigenvalue weighted by Crippen LogP contribution is 2.48. The van der Waals surface area contributed by atoms with Crippen molar-refractivity contribution in [3.8, 4) is 28.7 Å². The number of aromatic hydroxyl groups is 1. The number of methoxy groups -OCH3 is 1. The molecule has 0 spiro atoms. The number of carbonyl (C=O) groups is 2. The standard InChI is InChI=1S/C29H23BrN2O8S/c1-3-38-16-5-6-18-22(13-16)41-29(31-18)32-24(15-10-17(30)26(34)21(12-15)37-2)23(27(35)28(32)36)25(33)14-4-7-19-20(11-14)40-9-8-39-19/h4-7,10-13,24,33-34H,3,8-9H2,1-2H3/b25-23+. The number of aromatic nitrogens is 1. The maximum Gasteiger partial charge on any atom is 0.301 e. The number of Topliss-reactive ketones (excluding diaryl/α,β-unsaturated/α-hetero) is 1. The van der Waals surface area contributed by atoms with Gasteiger partial charge in [-0.2, -0.15) is 0 Å². The predicted molar refractivity (Wildman–Crippen MR) is 155 cm³/mol. The minimum absolute atomic E-state index is 0.116. The second-order valence-corrected chi connectivity index (χ2v) is 11.0. The molecule has 2 aliphatic heterocycles. The lowest BCUT2D eigenvalue weighted by Gasteiger charge is -2.24. The summed E-state index contributed by atoms with van der Waals surface area (Å²) in [6.07, 6.45) is 0. The van der Waals surface area contributed by atoms with Crippen LogP contribution in [0.3, 0.4) is 0 Å². The first-order valence-electron chi connectivity index (χ1n) is 12.6. The van der Waals surface area contributed by atoms with Crippen LogP contribution in [0.5, 0.6) is 28.7 Å². The number of benzene rings is 3. The molecule has 1 atom stereocenters. The van der Waals surface area contributed by atoms with Gasteiger partial charge in [-0.25, -0.2) is 4.98 Å². The van der Waals surface area contributed by atoms with Gasteiger partial charge < -0.3 is 29.2 Å². The van der Waals surface area contributed by atoms with Crippen molar-refractivity contribution < 1.29 is 38.7 Å². The zero-order valence-electron chi connectivity index (χ0n) is 21.8. The maximum absolute atomic E-state index is 13.7. The van der Waals surface area contributed by atoms with Crippen LogP contribution in [0.4, 0.5) is 5.13 Å². The quantitative estimate of drug-likeness (QED) is 0.158. The summed E-state index contributed by atoms with van der Waals surface area (Å²) in [5, 5.41) is 22.3. The fourth-order valence-corrected chi connectivity index (χ4v) is 6.33. The molecule has 3 aromatic carbocycles. The Balaban J connectivity index is 1.55. The largest absolute Gasteiger partial charge is 0.507 e. The first kappa shape index (κ1) is 26.9. The van der Waals surface area contributed by atoms with Crippen molar-refractivity contribution in [3.05, 3.63) is 69.7 Å². The van der Waals surface area contributed by atoms with Gasteiger partial charge in [0.25, 0.3) is 5.78 Å². The number of rotatable bonds is 6. The number of halogens is 1. The Bertz CT molecular complexity index is 1750. The third-order valence-electron chi connectivity index (χ3n) is 6.71. The second kappa shape index (κ2) is 10.6. The number of nitrogens with zero attached hydrogens (tertiary/aromatic N) is 2. The number of ether oxygens (including phenoxy) is 4. The van der Waals surface area contributed by atoms with Crippen molar-refractivity contribution in [1.82, 2.24) is 4.98 Å². The van der Waals surface area contributed by atoms with Crippen LogP contribution < -0.4 is 23.8 Å². The number of carbonyl (C=O) groups excluding carboxylic acids is 2. The molecular weight excluding hydrogens is 616 g/mol. The molecule has 2 N–H and O–H groups in total. The average molecular weight is 639 g/mol. The van der Waals surface area contributed by atoms with Gasteiger partial charge >= 0.3 is 5.91 Å². The van der Waals surface area contributed by atoms with Crippen molar-refractivity contribution in [2.45, 2.75) is 13.0 Å². The molecule has 210 valence electrons. The molecule has 1 fully saturated rings. The number of phenols is 1. The molecule has 3 heterocycles. The van der Waals surface area contributed by atoms with E-state index in [1.54, 1.807) is 36.4 Å². The van der Waals surface area contributed by atoms with Gasteiger partial charge in [0.15, 0.2) is 28.1 Å². The highest BCUT2D eigenvalue weighted by atomic mass is 79.9. The van der Waals surface area contributed by atoms with E-state index in [-0.39, 0.29) is 32.2 Å². The number of thiazole rings is 1. The molecule has 2 aliphatic rings. The van der Waals surface area contributed by atoms with E-state index in [1.165, 1.54) is 29.4 Å². The summed E-state index contributed by atoms with van der Waals surface area (Å²) in [6.45, 7) is 3.11. The van der Waals surface area contributed by atoms with Crippen molar-refractivity contribution in [3.63, 3.8) is 0 Å². The third kappa shape index (κ3) is 4.62. The molecular formula is C29H23BrN2O8S. The Morgan fingerprint density at radius 3 is 2.66 bits per heavy atom. The number of aliphatic hydroxyl groups is 1. The van der Waals surface area contributed by atoms with Crippen LogP contribution in [0.1, 0.15) is 24.1 Å². The van der Waals surface area contributed by atoms with Crippen LogP contribution in [0.2, 0.25) is 0 Å². The number of hydrogen-bond acceptors (Lipinski definition) is 10. The minimum Gasteiger partial charge on any atom is -0.507 e. The Kier molecular flexibility index (Phi) is 6.96. The molecule has 0 saturated carbocycles. The SMILES string of the molecule is CCOc1ccc2nc(N3C(=O)C(=O)/C(=C(/O)c4ccc5c(c4)OCCO5)C3c3cc(Br)c(O)c(OC)c3)sc2c1. The van der Waals surface area contributed by atoms with Gasteiger partial charge in [0.05, 0.1) is 40.0 Å². The molecule has 10 nitrogen and oxygen atoms in total. The lowest BCUT2D eigenvalue weighted by Crippen LogP contribution is -2.29. The zero-order chi connectivity index (χ0) is 28.8. The lowest BCUT2D eigenvalue weighted by molar-refractivity contribution is -0.132. The van der Waals surface area contributed by atoms with Crippen LogP contribution in [0.15, 0.2) is 58.6 Å². The Labute approximate surface area is 246 Å². The number of ketones is 1. The topological polar surface area (TPSA) is 128 Å². The van der Waals surface area contributed by atoms with Crippen LogP contribution >= 0.6 is 27.3 Å². The van der Waals surface area contributed by atoms with Gasteiger partial charge in [-0.15, -0.1) is 0 Å². The first-order chi connectivity index (χ1) is 19.8. The summed E-state index contributed by atoms with van der Waals surface area (Å²) in [7, 11) is 1.39. The number of amides is 1. The van der Waals surface area contributed by atoms with E-state index in [9.17, 15) is 19.8 Å². The normalized spacial score (nSPS) is 17.7. The molecule has 0 bridgehead atoms. The van der Waals surface area contributed by atoms with E-state index >= 15 is 0 Å². The van der Waals surface area contributed by atoms with Crippen LogP contribution in [-0.4, -0.2) is 53.8 Å². The van der Waals surface area contributed by atoms with Gasteiger partial charge in [-0.1, -0.05) is 11.3 Å². The molecule has 1 saturated heterocycles. The van der Waals surface area contributed by atoms with Gasteiger partial charge in [0.1, 0.15) is 24.7 Å². The van der Waals surface area contributed by atoms with E-state index in [4.69, 9.17) is 18.9 Å². The molecule has 0 radical (unpaired) electrons. The first-order valence-corrected chi connectivity index (χ1v) is 14.2. The second-order valence-electron chi connectivity index (χ2n) is 9.14. The summed E-state index contributed by atoms with van der Waals surface area (Å²) >= 11 is 4.54. The molecule has 1 unspecified atom stereocenters. The zero-order valence-corrected chi connectivity index (χ0v) is 24.2. The van der Waals surface area contributed by atoms with E-state index in [2.05, 4.69) is 20.9 Å². The van der Waals surface area contributed by atoms with E-state index in [0.29, 0.717) is 48.1 Å². The smallest absolute Gasteiger partial charge is 0.301 e. The summed E-state index contributed by atoms with van der Waals surface area (Å²) in [6, 6.07) is 12.2. The molecule has 1 aromatic heterocycles. The van der Waals surface area contributed by atoms with Gasteiger partial charge in [0.2, 0.25) is 0 Å². The van der Waals surface area contributed by atoms with Crippen molar-refractivity contribution in [2.24, 2.45) is 0 Å². The summed E-state index contributed by atoms with van der Waals surface area (Å²) in [5.74, 6) is -0.598. The molecule has 0 aliphatic carbocycles. The number of hydrogen-bond donors (Lipinski definition) is 2. The average Bonchev–Trinajstić information content (AvgIpc) is 3.51. The maximum atomic E-state index is 13.7. The number of aliphatic hydroxyl groups excluding tert-OH is 1. The molecule has 12 heteroatoms. The Hall–Kier alpha value is -4.29. The predicted octanol–water partition coefficient (Wildman–Crippen LogP) is 5.57. The number of anilines is 1. The molecule has 41 heavy (non-hydrogen) atoms. The number of fused-ring (bicyclic) bond motifs is 2. The van der Waals surface area contributed by atoms with Crippen molar-refractivity contribution >= 4 is 60.1 Å². The fraction of sp³-hybridized carbons (Fsp3) is 0.207. The summed E-state index contributed by atoms with van der Waals surface area (Å²) in [5.41, 5.74) is 1.14. The monoisotopic (exact) mass is 638 g/mol. The molecule has 6 rings (SSSR count). The van der Waals surface area contributed by atoms with Crippen molar-refractivity contribution in [2.75, 3.05) is 31.8 Å². The third-order valence-corrected chi connectivity index (χ3v) is 8.33. The Morgan fingerprint density at radius 1 is 1.12 bits per heavy atom. The van der Waals surface area contributed by atoms with Crippen molar-refractivity contribution in [1.29, 1.82) is 0 Å². The molecule has 1 amide bonds. The number of phenolic OH excluding ortho intramolecular Hbond substituents is 1. The lowest BCUT2D eigenvalue weighted by atomic mass is 9.95. The van der Waals surface area contributed by atoms with Crippen LogP contribution in [0, 0.1) is 0 Å². The minimum atomic E-state index is -1.10. The molecule has 4 aromatic rings. The summed E-state index contributed by atoms with van der Waals surface area (Å²) < 4.78 is 23.2. The van der Waals surface area contributed by atoms with Gasteiger partial charge in [-0.05, 0) is 76.9 Å². The van der Waals surface area contributed by atoms with E-state index < -0.39 is 23.5 Å². The van der Waals surface area contributed by atoms with E-state index in [0.717, 1.165) is 4.70 Å². The van der Waals surface area contributed by atoms with Gasteiger partial charge in [-0.3, -0.25) is 14.5 Å². The van der Waals surface area contributed by atoms with E-state index in [1.807, 2.05) is 13.0 Å². The van der Waals surface area contributed by atoms with Crippen LogP contribution in [0.25, 0.3) is 16.0 Å². The highest BCUT2D eigenvalue weighted by Gasteiger charge is 2.48. The van der Waals surface area contributed by atoms with Crippen LogP contribution in [-0.2, 0) is 9.59 Å². The Morgan fingerprint density at radius 2 is 1.90 bits per heavy atom. The fourth-order valence-electron chi connectivity index (χ4n) is 4.85. The summed E-state index contributed by atoms with van der Waals surface area (Å²) in [4.78, 5) is 33.2. The highest BCUT2D eigenvalue weighted by molar-refractivity contribution is 9.10. The van der Waals surface area contributed by atoms with Gasteiger partial charge in [0, 0.05) is 5.56 Å².